The van der Waals surface area contributed by atoms with Crippen molar-refractivity contribution in [3.05, 3.63) is 62.9 Å². The molecule has 6 heteroatoms. The summed E-state index contributed by atoms with van der Waals surface area (Å²) in [6.45, 7) is 7.24. The molecule has 2 fully saturated rings. The minimum absolute atomic E-state index is 0.110. The number of benzene rings is 1. The fourth-order valence-electron chi connectivity index (χ4n) is 5.30. The second-order valence-electron chi connectivity index (χ2n) is 8.72. The Labute approximate surface area is 187 Å². The van der Waals surface area contributed by atoms with E-state index in [1.54, 1.807) is 6.20 Å². The number of nitrogens with one attached hydrogen (secondary N) is 1. The summed E-state index contributed by atoms with van der Waals surface area (Å²) in [6.07, 6.45) is 3.55. The van der Waals surface area contributed by atoms with Gasteiger partial charge in [0.1, 0.15) is 6.23 Å². The summed E-state index contributed by atoms with van der Waals surface area (Å²) in [7, 11) is 1.82. The van der Waals surface area contributed by atoms with Crippen molar-refractivity contribution < 1.29 is 14.6 Å². The molecule has 162 valence electrons. The fourth-order valence-corrected chi connectivity index (χ4v) is 5.53. The number of ether oxygens (including phenoxy) is 2. The number of aliphatic hydroxyl groups is 1. The molecule has 6 unspecified atom stereocenters. The molecular weight excluding hydrogens is 444 g/mol. The number of aliphatic hydroxyl groups excluding tert-OH is 1. The summed E-state index contributed by atoms with van der Waals surface area (Å²) < 4.78 is 13.1. The highest BCUT2D eigenvalue weighted by atomic mass is 79.9. The molecule has 2 heterocycles. The van der Waals surface area contributed by atoms with Crippen molar-refractivity contribution in [2.45, 2.75) is 64.1 Å². The number of halogens is 1. The van der Waals surface area contributed by atoms with Gasteiger partial charge >= 0.3 is 0 Å². The molecule has 5 nitrogen and oxygen atoms in total. The molecule has 1 aliphatic heterocycles. The average molecular weight is 475 g/mol. The third kappa shape index (κ3) is 4.48. The van der Waals surface area contributed by atoms with Gasteiger partial charge in [-0.3, -0.25) is 10.3 Å². The van der Waals surface area contributed by atoms with Crippen molar-refractivity contribution in [3.8, 4) is 0 Å². The van der Waals surface area contributed by atoms with Crippen LogP contribution in [-0.2, 0) is 9.47 Å². The number of methoxy groups -OCH3 is 1. The quantitative estimate of drug-likeness (QED) is 0.461. The second kappa shape index (κ2) is 9.05. The monoisotopic (exact) mass is 474 g/mol. The van der Waals surface area contributed by atoms with E-state index in [0.717, 1.165) is 17.3 Å². The second-order valence-corrected chi connectivity index (χ2v) is 9.64. The Balaban J connectivity index is 1.45. The zero-order valence-corrected chi connectivity index (χ0v) is 19.6. The molecule has 1 aromatic heterocycles. The highest BCUT2D eigenvalue weighted by molar-refractivity contribution is 9.10. The highest BCUT2D eigenvalue weighted by Gasteiger charge is 2.56. The molecule has 4 rings (SSSR count). The Morgan fingerprint density at radius 1 is 1.27 bits per heavy atom. The van der Waals surface area contributed by atoms with Crippen LogP contribution in [0.15, 0.2) is 34.9 Å². The third-order valence-electron chi connectivity index (χ3n) is 6.56. The molecule has 0 bridgehead atoms. The van der Waals surface area contributed by atoms with Crippen LogP contribution in [0.4, 0.5) is 0 Å². The first-order valence-electron chi connectivity index (χ1n) is 10.7. The van der Waals surface area contributed by atoms with Gasteiger partial charge in [0, 0.05) is 23.7 Å². The highest BCUT2D eigenvalue weighted by Crippen LogP contribution is 2.51. The van der Waals surface area contributed by atoms with E-state index >= 15 is 0 Å². The summed E-state index contributed by atoms with van der Waals surface area (Å²) in [5, 5.41) is 13.6. The van der Waals surface area contributed by atoms with E-state index in [1.165, 1.54) is 22.3 Å². The number of hydrogen-bond donors (Lipinski definition) is 2. The lowest BCUT2D eigenvalue weighted by molar-refractivity contribution is 0.00959. The van der Waals surface area contributed by atoms with Crippen molar-refractivity contribution in [2.75, 3.05) is 13.7 Å². The van der Waals surface area contributed by atoms with Crippen molar-refractivity contribution in [1.82, 2.24) is 10.3 Å². The summed E-state index contributed by atoms with van der Waals surface area (Å²) in [4.78, 5) is 4.27. The molecule has 1 saturated carbocycles. The summed E-state index contributed by atoms with van der Waals surface area (Å²) >= 11 is 3.37. The SMILES string of the molecule is COC1C(CCNC(O)c2ccc(Br)cn2)CC2OC2C1c1c(C)cc(C)cc1C. The Kier molecular flexibility index (Phi) is 6.61. The molecule has 2 aromatic rings. The van der Waals surface area contributed by atoms with Crippen molar-refractivity contribution >= 4 is 15.9 Å². The molecule has 2 N–H and O–H groups in total. The van der Waals surface area contributed by atoms with Gasteiger partial charge in [-0.25, -0.2) is 0 Å². The van der Waals surface area contributed by atoms with Crippen LogP contribution in [-0.4, -0.2) is 42.1 Å². The number of rotatable bonds is 7. The lowest BCUT2D eigenvalue weighted by Gasteiger charge is -2.37. The van der Waals surface area contributed by atoms with Gasteiger partial charge in [-0.2, -0.15) is 0 Å². The first-order chi connectivity index (χ1) is 14.4. The Morgan fingerprint density at radius 2 is 2.00 bits per heavy atom. The van der Waals surface area contributed by atoms with E-state index in [0.29, 0.717) is 24.3 Å². The lowest BCUT2D eigenvalue weighted by atomic mass is 9.72. The number of nitrogens with zero attached hydrogens (tertiary/aromatic N) is 1. The van der Waals surface area contributed by atoms with E-state index in [1.807, 2.05) is 19.2 Å². The van der Waals surface area contributed by atoms with E-state index in [-0.39, 0.29) is 18.1 Å². The molecular formula is C24H31BrN2O3. The zero-order valence-electron chi connectivity index (χ0n) is 18.1. The van der Waals surface area contributed by atoms with Crippen LogP contribution in [0.3, 0.4) is 0 Å². The van der Waals surface area contributed by atoms with Crippen LogP contribution in [0.1, 0.15) is 52.9 Å². The van der Waals surface area contributed by atoms with E-state index in [9.17, 15) is 5.11 Å². The van der Waals surface area contributed by atoms with Crippen LogP contribution in [0.2, 0.25) is 0 Å². The molecule has 2 aliphatic rings. The van der Waals surface area contributed by atoms with Crippen molar-refractivity contribution in [1.29, 1.82) is 0 Å². The number of epoxide rings is 1. The average Bonchev–Trinajstić information content (AvgIpc) is 3.47. The third-order valence-corrected chi connectivity index (χ3v) is 7.03. The van der Waals surface area contributed by atoms with Gasteiger partial charge in [0.15, 0.2) is 0 Å². The lowest BCUT2D eigenvalue weighted by Crippen LogP contribution is -2.40. The minimum Gasteiger partial charge on any atom is -0.380 e. The van der Waals surface area contributed by atoms with Gasteiger partial charge in [0.25, 0.3) is 0 Å². The predicted molar refractivity (Wildman–Crippen MR) is 120 cm³/mol. The Morgan fingerprint density at radius 3 is 2.63 bits per heavy atom. The fraction of sp³-hybridized carbons (Fsp3) is 0.542. The van der Waals surface area contributed by atoms with Crippen molar-refractivity contribution in [2.24, 2.45) is 5.92 Å². The molecule has 0 radical (unpaired) electrons. The smallest absolute Gasteiger partial charge is 0.148 e. The Bertz CT molecular complexity index is 866. The van der Waals surface area contributed by atoms with Crippen LogP contribution in [0.25, 0.3) is 0 Å². The van der Waals surface area contributed by atoms with Crippen LogP contribution < -0.4 is 5.32 Å². The summed E-state index contributed by atoms with van der Waals surface area (Å²) in [5.74, 6) is 0.638. The maximum absolute atomic E-state index is 10.4. The molecule has 1 aliphatic carbocycles. The standard InChI is InChI=1S/C24H31BrN2O3/c1-13-9-14(2)20(15(3)10-13)21-22(29-4)16(11-19-23(21)30-19)7-8-26-24(28)18-6-5-17(25)12-27-18/h5-6,9-10,12,16,19,21-24,26,28H,7-8,11H2,1-4H3. The number of aryl methyl sites for hydroxylation is 3. The maximum atomic E-state index is 10.4. The van der Waals surface area contributed by atoms with E-state index < -0.39 is 6.23 Å². The Hall–Kier alpha value is -1.31. The maximum Gasteiger partial charge on any atom is 0.148 e. The number of hydrogen-bond acceptors (Lipinski definition) is 5. The van der Waals surface area contributed by atoms with E-state index in [4.69, 9.17) is 9.47 Å². The molecule has 0 amide bonds. The molecule has 0 spiro atoms. The van der Waals surface area contributed by atoms with Gasteiger partial charge in [0.2, 0.25) is 0 Å². The predicted octanol–water partition coefficient (Wildman–Crippen LogP) is 4.33. The number of fused-ring (bicyclic) bond motifs is 1. The van der Waals surface area contributed by atoms with Crippen LogP contribution >= 0.6 is 15.9 Å². The van der Waals surface area contributed by atoms with Gasteiger partial charge in [-0.05, 0) is 90.8 Å². The van der Waals surface area contributed by atoms with Gasteiger partial charge in [-0.1, -0.05) is 17.7 Å². The molecule has 30 heavy (non-hydrogen) atoms. The first-order valence-corrected chi connectivity index (χ1v) is 11.5. The topological polar surface area (TPSA) is 66.9 Å². The zero-order chi connectivity index (χ0) is 21.4. The normalized spacial score (nSPS) is 28.8. The number of pyridine rings is 1. The molecule has 6 atom stereocenters. The largest absolute Gasteiger partial charge is 0.380 e. The van der Waals surface area contributed by atoms with Crippen LogP contribution in [0, 0.1) is 26.7 Å². The molecule has 1 aromatic carbocycles. The van der Waals surface area contributed by atoms with E-state index in [2.05, 4.69) is 59.1 Å². The summed E-state index contributed by atoms with van der Waals surface area (Å²) in [5.41, 5.74) is 5.95. The molecule has 1 saturated heterocycles. The van der Waals surface area contributed by atoms with Gasteiger partial charge in [-0.15, -0.1) is 0 Å². The summed E-state index contributed by atoms with van der Waals surface area (Å²) in [6, 6.07) is 8.23. The minimum atomic E-state index is -0.773. The van der Waals surface area contributed by atoms with Gasteiger partial charge < -0.3 is 14.6 Å². The number of aromatic nitrogens is 1. The first kappa shape index (κ1) is 21.9. The van der Waals surface area contributed by atoms with Gasteiger partial charge in [0.05, 0.1) is 24.0 Å². The van der Waals surface area contributed by atoms with Crippen LogP contribution in [0.5, 0.6) is 0 Å². The van der Waals surface area contributed by atoms with Crippen molar-refractivity contribution in [3.63, 3.8) is 0 Å².